The highest BCUT2D eigenvalue weighted by Gasteiger charge is 2.03. The Labute approximate surface area is 64.8 Å². The van der Waals surface area contributed by atoms with E-state index in [2.05, 4.69) is 18.6 Å². The van der Waals surface area contributed by atoms with Crippen molar-refractivity contribution < 1.29 is 4.74 Å². The molecule has 0 aliphatic rings. The van der Waals surface area contributed by atoms with Gasteiger partial charge in [0, 0.05) is 0 Å². The van der Waals surface area contributed by atoms with Crippen LogP contribution in [-0.2, 0) is 4.74 Å². The maximum atomic E-state index is 4.98. The van der Waals surface area contributed by atoms with Crippen LogP contribution in [0.5, 0.6) is 0 Å². The summed E-state index contributed by atoms with van der Waals surface area (Å²) in [7, 11) is 4.98. The molecular weight excluding hydrogens is 124 g/mol. The lowest BCUT2D eigenvalue weighted by Crippen LogP contribution is -2.05. The Morgan fingerprint density at radius 2 is 2.10 bits per heavy atom. The Balaban J connectivity index is 3.21. The summed E-state index contributed by atoms with van der Waals surface area (Å²) in [6.45, 7) is 5.10. The molecule has 0 aromatic rings. The van der Waals surface area contributed by atoms with Crippen molar-refractivity contribution in [1.82, 2.24) is 0 Å². The van der Waals surface area contributed by atoms with Gasteiger partial charge in [-0.05, 0) is 12.3 Å². The van der Waals surface area contributed by atoms with Gasteiger partial charge in [0.05, 0.1) is 6.61 Å². The summed E-state index contributed by atoms with van der Waals surface area (Å²) < 4.78 is 4.59. The molecule has 0 bridgehead atoms. The molecule has 0 rings (SSSR count). The molecule has 1 nitrogen and oxygen atoms in total. The molecule has 0 amide bonds. The lowest BCUT2D eigenvalue weighted by atomic mass is 10.0. The molecule has 0 heterocycles. The highest BCUT2D eigenvalue weighted by molar-refractivity contribution is 4.55. The van der Waals surface area contributed by atoms with Crippen LogP contribution in [0.4, 0.5) is 0 Å². The zero-order valence-corrected chi connectivity index (χ0v) is 7.10. The number of unbranched alkanes of at least 4 members (excludes halogenated alkanes) is 1. The number of rotatable bonds is 6. The molecule has 1 heteroatoms. The quantitative estimate of drug-likeness (QED) is 0.554. The fourth-order valence-corrected chi connectivity index (χ4v) is 1.03. The molecule has 0 aromatic heterocycles. The first-order chi connectivity index (χ1) is 4.85. The summed E-state index contributed by atoms with van der Waals surface area (Å²) in [6.07, 6.45) is 4.99. The summed E-state index contributed by atoms with van der Waals surface area (Å²) in [5, 5.41) is 0. The van der Waals surface area contributed by atoms with Gasteiger partial charge in [0.15, 0.2) is 0 Å². The average Bonchev–Trinajstić information content (AvgIpc) is 1.98. The van der Waals surface area contributed by atoms with Crippen LogP contribution in [0.15, 0.2) is 0 Å². The molecule has 60 valence electrons. The molecule has 0 fully saturated rings. The molecule has 0 aromatic carbocycles. The number of hydrogen-bond donors (Lipinski definition) is 0. The lowest BCUT2D eigenvalue weighted by molar-refractivity contribution is 0.177. The third-order valence-corrected chi connectivity index (χ3v) is 1.88. The first-order valence-electron chi connectivity index (χ1n) is 4.16. The van der Waals surface area contributed by atoms with E-state index in [0.717, 1.165) is 6.61 Å². The van der Waals surface area contributed by atoms with Crippen molar-refractivity contribution in [2.24, 2.45) is 5.92 Å². The van der Waals surface area contributed by atoms with Crippen LogP contribution in [0, 0.1) is 13.0 Å². The zero-order chi connectivity index (χ0) is 7.82. The molecule has 2 radical (unpaired) electrons. The minimum atomic E-state index is 0.671. The van der Waals surface area contributed by atoms with Gasteiger partial charge in [-0.1, -0.05) is 33.1 Å². The van der Waals surface area contributed by atoms with Crippen LogP contribution >= 0.6 is 0 Å². The molecule has 0 saturated carbocycles. The SMILES string of the molecule is [CH]OCC(CC)CCCC. The maximum Gasteiger partial charge on any atom is 0.115 e. The van der Waals surface area contributed by atoms with E-state index in [1.807, 2.05) is 0 Å². The van der Waals surface area contributed by atoms with Crippen LogP contribution in [0.2, 0.25) is 0 Å². The van der Waals surface area contributed by atoms with Crippen molar-refractivity contribution in [2.45, 2.75) is 39.5 Å². The highest BCUT2D eigenvalue weighted by Crippen LogP contribution is 2.12. The fourth-order valence-electron chi connectivity index (χ4n) is 1.03. The maximum absolute atomic E-state index is 4.98. The average molecular weight is 142 g/mol. The fraction of sp³-hybridized carbons (Fsp3) is 0.889. The number of hydrogen-bond acceptors (Lipinski definition) is 1. The van der Waals surface area contributed by atoms with Crippen molar-refractivity contribution in [1.29, 1.82) is 0 Å². The van der Waals surface area contributed by atoms with Crippen molar-refractivity contribution in [3.8, 4) is 0 Å². The van der Waals surface area contributed by atoms with Gasteiger partial charge >= 0.3 is 0 Å². The van der Waals surface area contributed by atoms with Gasteiger partial charge in [0.2, 0.25) is 0 Å². The van der Waals surface area contributed by atoms with E-state index in [0.29, 0.717) is 5.92 Å². The molecule has 0 aliphatic heterocycles. The van der Waals surface area contributed by atoms with Gasteiger partial charge in [-0.3, -0.25) is 0 Å². The third kappa shape index (κ3) is 4.80. The molecule has 1 unspecified atom stereocenters. The third-order valence-electron chi connectivity index (χ3n) is 1.88. The molecule has 0 N–H and O–H groups in total. The Kier molecular flexibility index (Phi) is 7.04. The topological polar surface area (TPSA) is 9.23 Å². The van der Waals surface area contributed by atoms with Crippen molar-refractivity contribution in [3.63, 3.8) is 0 Å². The second-order valence-corrected chi connectivity index (χ2v) is 2.75. The molecule has 0 aliphatic carbocycles. The van der Waals surface area contributed by atoms with E-state index in [1.54, 1.807) is 0 Å². The summed E-state index contributed by atoms with van der Waals surface area (Å²) in [5.74, 6) is 0.671. The molecule has 0 saturated heterocycles. The first kappa shape index (κ1) is 9.96. The van der Waals surface area contributed by atoms with Gasteiger partial charge in [-0.15, -0.1) is 0 Å². The summed E-state index contributed by atoms with van der Waals surface area (Å²) in [5.41, 5.74) is 0. The zero-order valence-electron chi connectivity index (χ0n) is 7.10. The van der Waals surface area contributed by atoms with Gasteiger partial charge in [0.25, 0.3) is 0 Å². The van der Waals surface area contributed by atoms with Gasteiger partial charge < -0.3 is 4.74 Å². The molecule has 10 heavy (non-hydrogen) atoms. The summed E-state index contributed by atoms with van der Waals surface area (Å²) >= 11 is 0. The van der Waals surface area contributed by atoms with Crippen LogP contribution in [-0.4, -0.2) is 6.61 Å². The van der Waals surface area contributed by atoms with Crippen molar-refractivity contribution >= 4 is 0 Å². The smallest absolute Gasteiger partial charge is 0.115 e. The van der Waals surface area contributed by atoms with E-state index in [-0.39, 0.29) is 0 Å². The van der Waals surface area contributed by atoms with Crippen LogP contribution in [0.1, 0.15) is 39.5 Å². The highest BCUT2D eigenvalue weighted by atomic mass is 16.5. The van der Waals surface area contributed by atoms with Crippen LogP contribution in [0.3, 0.4) is 0 Å². The second kappa shape index (κ2) is 7.07. The Morgan fingerprint density at radius 3 is 2.50 bits per heavy atom. The standard InChI is InChI=1S/C9H18O/c1-4-6-7-9(5-2)8-10-3/h3,9H,4-8H2,1-2H3. The number of ether oxygens (including phenoxy) is 1. The Bertz CT molecular complexity index is 61.7. The van der Waals surface area contributed by atoms with Crippen LogP contribution in [0.25, 0.3) is 0 Å². The Hall–Kier alpha value is -0.0400. The van der Waals surface area contributed by atoms with Gasteiger partial charge in [-0.25, -0.2) is 0 Å². The van der Waals surface area contributed by atoms with Crippen molar-refractivity contribution in [2.75, 3.05) is 6.61 Å². The van der Waals surface area contributed by atoms with Crippen LogP contribution < -0.4 is 0 Å². The van der Waals surface area contributed by atoms with E-state index in [4.69, 9.17) is 7.11 Å². The van der Waals surface area contributed by atoms with E-state index in [1.165, 1.54) is 25.7 Å². The minimum Gasteiger partial charge on any atom is -0.372 e. The lowest BCUT2D eigenvalue weighted by Gasteiger charge is -2.11. The molecule has 0 spiro atoms. The minimum absolute atomic E-state index is 0.671. The van der Waals surface area contributed by atoms with E-state index < -0.39 is 0 Å². The summed E-state index contributed by atoms with van der Waals surface area (Å²) in [6, 6.07) is 0. The van der Waals surface area contributed by atoms with Crippen molar-refractivity contribution in [3.05, 3.63) is 7.11 Å². The van der Waals surface area contributed by atoms with E-state index >= 15 is 0 Å². The largest absolute Gasteiger partial charge is 0.372 e. The predicted octanol–water partition coefficient (Wildman–Crippen LogP) is 2.89. The summed E-state index contributed by atoms with van der Waals surface area (Å²) in [4.78, 5) is 0. The predicted molar refractivity (Wildman–Crippen MR) is 43.6 cm³/mol. The Morgan fingerprint density at radius 1 is 1.40 bits per heavy atom. The monoisotopic (exact) mass is 142 g/mol. The van der Waals surface area contributed by atoms with Gasteiger partial charge in [0.1, 0.15) is 7.11 Å². The van der Waals surface area contributed by atoms with E-state index in [9.17, 15) is 0 Å². The normalized spacial score (nSPS) is 13.5. The molecular formula is C9H18O. The molecule has 1 atom stereocenters. The second-order valence-electron chi connectivity index (χ2n) is 2.75. The first-order valence-corrected chi connectivity index (χ1v) is 4.16. The van der Waals surface area contributed by atoms with Gasteiger partial charge in [-0.2, -0.15) is 0 Å².